The van der Waals surface area contributed by atoms with Crippen LogP contribution in [0.3, 0.4) is 0 Å². The van der Waals surface area contributed by atoms with Crippen molar-refractivity contribution in [1.82, 2.24) is 20.5 Å². The van der Waals surface area contributed by atoms with Gasteiger partial charge in [0, 0.05) is 24.3 Å². The predicted molar refractivity (Wildman–Crippen MR) is 258 cm³/mol. The highest BCUT2D eigenvalue weighted by Gasteiger charge is 2.53. The number of alkyl halides is 3. The summed E-state index contributed by atoms with van der Waals surface area (Å²) in [6, 6.07) is 17.9. The number of aryl methyl sites for hydroxylation is 1. The molecular weight excluding hydrogens is 924 g/mol. The molecule has 1 unspecified atom stereocenters. The van der Waals surface area contributed by atoms with E-state index in [4.69, 9.17) is 26.1 Å². The number of rotatable bonds is 15. The highest BCUT2D eigenvalue weighted by atomic mass is 32.1. The molecule has 2 aliphatic heterocycles. The molecule has 70 heavy (non-hydrogen) atoms. The molecule has 2 atom stereocenters. The van der Waals surface area contributed by atoms with Crippen LogP contribution in [0.15, 0.2) is 77.5 Å². The summed E-state index contributed by atoms with van der Waals surface area (Å²) < 4.78 is 58.8. The van der Waals surface area contributed by atoms with Crippen LogP contribution in [0.1, 0.15) is 95.5 Å². The second-order valence-corrected chi connectivity index (χ2v) is 21.1. The monoisotopic (exact) mass is 981 g/mol. The van der Waals surface area contributed by atoms with E-state index in [-0.39, 0.29) is 40.5 Å². The lowest BCUT2D eigenvalue weighted by Gasteiger charge is -2.57. The number of likely N-dealkylation sites (tertiary alicyclic amines) is 1. The van der Waals surface area contributed by atoms with E-state index in [0.29, 0.717) is 68.2 Å². The SMILES string of the molecule is Cc1ncoc1-c1ccc(CNC(=O)[C@@H]2CCCN2C(=O)C(NC(=O)COCC2CC3(C2)CC(COc2ccc(N4C(=S)N(c5ccc(C#N)c(C(F)(F)F)c5)C(=O)C4(C)C)cc2)C3)C(C)(C)C)cc1. The summed E-state index contributed by atoms with van der Waals surface area (Å²) in [5, 5.41) is 15.2. The summed E-state index contributed by atoms with van der Waals surface area (Å²) >= 11 is 5.67. The maximum Gasteiger partial charge on any atom is 0.417 e. The number of oxazole rings is 1. The fourth-order valence-electron chi connectivity index (χ4n) is 10.6. The Morgan fingerprint density at radius 1 is 0.971 bits per heavy atom. The van der Waals surface area contributed by atoms with Gasteiger partial charge in [-0.05, 0) is 142 Å². The van der Waals surface area contributed by atoms with E-state index in [0.717, 1.165) is 59.5 Å². The molecule has 18 heteroatoms. The van der Waals surface area contributed by atoms with Gasteiger partial charge in [-0.15, -0.1) is 0 Å². The maximum atomic E-state index is 14.0. The Hall–Kier alpha value is -6.32. The van der Waals surface area contributed by atoms with E-state index in [1.54, 1.807) is 54.0 Å². The van der Waals surface area contributed by atoms with Crippen LogP contribution in [-0.2, 0) is 36.6 Å². The van der Waals surface area contributed by atoms with Crippen molar-refractivity contribution in [2.75, 3.05) is 36.2 Å². The average molecular weight is 982 g/mol. The van der Waals surface area contributed by atoms with Gasteiger partial charge in [0.25, 0.3) is 5.91 Å². The topological polar surface area (TPSA) is 170 Å². The molecular formula is C52H58F3N7O7S. The van der Waals surface area contributed by atoms with Crippen molar-refractivity contribution in [3.8, 4) is 23.1 Å². The number of amides is 4. The highest BCUT2D eigenvalue weighted by Crippen LogP contribution is 2.61. The van der Waals surface area contributed by atoms with E-state index in [1.807, 2.05) is 52.0 Å². The number of halogens is 3. The molecule has 4 amide bonds. The number of carbonyl (C=O) groups is 4. The molecule has 8 rings (SSSR count). The van der Waals surface area contributed by atoms with Crippen LogP contribution in [0, 0.1) is 40.9 Å². The van der Waals surface area contributed by atoms with Gasteiger partial charge >= 0.3 is 6.18 Å². The lowest BCUT2D eigenvalue weighted by atomic mass is 9.48. The summed E-state index contributed by atoms with van der Waals surface area (Å²) in [7, 11) is 0. The number of thiocarbonyl (C=S) groups is 1. The second-order valence-electron chi connectivity index (χ2n) is 20.8. The number of carbonyl (C=O) groups excluding carboxylic acids is 4. The maximum absolute atomic E-state index is 14.0. The molecule has 4 aliphatic rings. The van der Waals surface area contributed by atoms with E-state index >= 15 is 0 Å². The number of nitriles is 1. The Bertz CT molecular complexity index is 2680. The number of hydrogen-bond donors (Lipinski definition) is 2. The molecule has 4 fully saturated rings. The first-order valence-electron chi connectivity index (χ1n) is 23.6. The normalized spacial score (nSPS) is 22.3. The van der Waals surface area contributed by atoms with Gasteiger partial charge in [-0.1, -0.05) is 45.0 Å². The molecule has 3 aromatic carbocycles. The first-order chi connectivity index (χ1) is 33.1. The van der Waals surface area contributed by atoms with Gasteiger partial charge in [-0.3, -0.25) is 24.1 Å². The minimum absolute atomic E-state index is 0.0142. The molecule has 0 radical (unpaired) electrons. The van der Waals surface area contributed by atoms with Crippen LogP contribution >= 0.6 is 12.2 Å². The van der Waals surface area contributed by atoms with Crippen molar-refractivity contribution in [3.05, 3.63) is 95.5 Å². The third-order valence-electron chi connectivity index (χ3n) is 14.1. The van der Waals surface area contributed by atoms with Crippen LogP contribution in [0.2, 0.25) is 0 Å². The van der Waals surface area contributed by atoms with Crippen molar-refractivity contribution in [1.29, 1.82) is 5.26 Å². The van der Waals surface area contributed by atoms with E-state index in [9.17, 15) is 37.6 Å². The van der Waals surface area contributed by atoms with Gasteiger partial charge < -0.3 is 34.3 Å². The Morgan fingerprint density at radius 2 is 1.63 bits per heavy atom. The van der Waals surface area contributed by atoms with Crippen molar-refractivity contribution >= 4 is 52.3 Å². The summed E-state index contributed by atoms with van der Waals surface area (Å²) in [6.07, 6.45) is 1.86. The van der Waals surface area contributed by atoms with Crippen LogP contribution in [0.4, 0.5) is 24.5 Å². The zero-order valence-electron chi connectivity index (χ0n) is 40.2. The fraction of sp³-hybridized carbons (Fsp3) is 0.481. The Balaban J connectivity index is 0.750. The smallest absolute Gasteiger partial charge is 0.417 e. The van der Waals surface area contributed by atoms with Crippen molar-refractivity contribution < 1.29 is 46.2 Å². The molecule has 14 nitrogen and oxygen atoms in total. The molecule has 0 bridgehead atoms. The minimum atomic E-state index is -4.79. The number of nitrogens with one attached hydrogen (secondary N) is 2. The number of nitrogens with zero attached hydrogens (tertiary/aromatic N) is 5. The molecule has 2 N–H and O–H groups in total. The van der Waals surface area contributed by atoms with Crippen LogP contribution < -0.4 is 25.2 Å². The third-order valence-corrected chi connectivity index (χ3v) is 14.5. The molecule has 2 saturated carbocycles. The fourth-order valence-corrected chi connectivity index (χ4v) is 11.1. The van der Waals surface area contributed by atoms with Crippen molar-refractivity contribution in [2.24, 2.45) is 22.7 Å². The number of benzene rings is 3. The van der Waals surface area contributed by atoms with E-state index in [2.05, 4.69) is 15.6 Å². The molecule has 4 aromatic rings. The first kappa shape index (κ1) is 50.1. The minimum Gasteiger partial charge on any atom is -0.493 e. The standard InChI is InChI=1S/C52H58F3N7O7S/c1-31-43(69-30-58-31)35-11-9-32(10-12-35)26-57-45(64)41-8-7-19-60(41)46(65)44(49(2,3)4)59-42(63)29-67-27-33-21-51(22-33)23-34(24-51)28-68-39-17-15-37(16-18-39)62-48(70)61(47(66)50(62,5)6)38-14-13-36(25-56)40(20-38)52(53,54)55/h9-18,20,30,33-34,41,44H,7-8,19,21-24,26-29H2,1-6H3,(H,57,64)(H,59,63)/t33?,34?,41-,44?,51?/m0/s1. The molecule has 1 aromatic heterocycles. The quantitative estimate of drug-likeness (QED) is 0.110. The Kier molecular flexibility index (Phi) is 13.9. The Labute approximate surface area is 410 Å². The van der Waals surface area contributed by atoms with Crippen molar-refractivity contribution in [2.45, 2.75) is 110 Å². The van der Waals surface area contributed by atoms with Crippen molar-refractivity contribution in [3.63, 3.8) is 0 Å². The van der Waals surface area contributed by atoms with Gasteiger partial charge in [0.15, 0.2) is 17.3 Å². The lowest BCUT2D eigenvalue weighted by molar-refractivity contribution is -0.145. The summed E-state index contributed by atoms with van der Waals surface area (Å²) in [5.74, 6) is 0.623. The molecule has 2 saturated heterocycles. The lowest BCUT2D eigenvalue weighted by Crippen LogP contribution is -2.58. The largest absolute Gasteiger partial charge is 0.493 e. The number of ether oxygens (including phenoxy) is 2. The molecule has 3 heterocycles. The second kappa shape index (κ2) is 19.5. The van der Waals surface area contributed by atoms with E-state index in [1.165, 1.54) is 12.5 Å². The number of aromatic nitrogens is 1. The third kappa shape index (κ3) is 10.3. The van der Waals surface area contributed by atoms with Crippen LogP contribution in [0.5, 0.6) is 5.75 Å². The summed E-state index contributed by atoms with van der Waals surface area (Å²) in [6.45, 7) is 12.4. The van der Waals surface area contributed by atoms with Crippen LogP contribution in [0.25, 0.3) is 11.3 Å². The molecule has 370 valence electrons. The van der Waals surface area contributed by atoms with E-state index < -0.39 is 46.2 Å². The summed E-state index contributed by atoms with van der Waals surface area (Å²) in [5.41, 5.74) is -0.199. The van der Waals surface area contributed by atoms with Gasteiger partial charge in [0.2, 0.25) is 17.7 Å². The van der Waals surface area contributed by atoms with Gasteiger partial charge in [0.05, 0.1) is 41.8 Å². The number of anilines is 2. The van der Waals surface area contributed by atoms with Gasteiger partial charge in [0.1, 0.15) is 30.0 Å². The Morgan fingerprint density at radius 3 is 2.24 bits per heavy atom. The van der Waals surface area contributed by atoms with Crippen LogP contribution in [-0.4, -0.2) is 82.6 Å². The van der Waals surface area contributed by atoms with Gasteiger partial charge in [-0.2, -0.15) is 18.4 Å². The molecule has 1 spiro atoms. The van der Waals surface area contributed by atoms with Gasteiger partial charge in [-0.25, -0.2) is 4.98 Å². The number of hydrogen-bond acceptors (Lipinski definition) is 10. The highest BCUT2D eigenvalue weighted by molar-refractivity contribution is 7.81. The molecule has 2 aliphatic carbocycles. The zero-order valence-corrected chi connectivity index (χ0v) is 41.0. The average Bonchev–Trinajstić information content (AvgIpc) is 4.00. The zero-order chi connectivity index (χ0) is 50.3. The summed E-state index contributed by atoms with van der Waals surface area (Å²) in [4.78, 5) is 62.7. The first-order valence-corrected chi connectivity index (χ1v) is 24.0. The predicted octanol–water partition coefficient (Wildman–Crippen LogP) is 8.50.